The molecule has 6 heteroatoms. The fourth-order valence-electron chi connectivity index (χ4n) is 1.58. The average molecular weight is 290 g/mol. The summed E-state index contributed by atoms with van der Waals surface area (Å²) in [5, 5.41) is 7.29. The van der Waals surface area contributed by atoms with E-state index < -0.39 is 11.2 Å². The van der Waals surface area contributed by atoms with Gasteiger partial charge in [0.15, 0.2) is 5.69 Å². The van der Waals surface area contributed by atoms with E-state index >= 15 is 0 Å². The van der Waals surface area contributed by atoms with Crippen molar-refractivity contribution in [2.75, 3.05) is 7.05 Å². The minimum absolute atomic E-state index is 0.140. The Hall–Kier alpha value is -2.40. The highest BCUT2D eigenvalue weighted by molar-refractivity contribution is 6.30. The van der Waals surface area contributed by atoms with Crippen LogP contribution >= 0.6 is 11.6 Å². The van der Waals surface area contributed by atoms with Gasteiger partial charge in [-0.05, 0) is 18.2 Å². The molecule has 0 aliphatic carbocycles. The maximum atomic E-state index is 11.8. The Kier molecular flexibility index (Phi) is 4.32. The molecule has 0 amide bonds. The van der Waals surface area contributed by atoms with Crippen LogP contribution in [0.25, 0.3) is 5.69 Å². The van der Waals surface area contributed by atoms with Gasteiger partial charge in [0.2, 0.25) is 11.2 Å². The minimum atomic E-state index is -0.458. The van der Waals surface area contributed by atoms with E-state index in [1.54, 1.807) is 31.3 Å². The largest absolute Gasteiger partial charge is 0.394 e. The fourth-order valence-corrected chi connectivity index (χ4v) is 1.76. The zero-order valence-electron chi connectivity index (χ0n) is 10.7. The van der Waals surface area contributed by atoms with E-state index in [1.165, 1.54) is 29.2 Å². The number of nitrogens with zero attached hydrogens (tertiary/aromatic N) is 2. The lowest BCUT2D eigenvalue weighted by molar-refractivity contribution is 0.103. The second-order valence-corrected chi connectivity index (χ2v) is 4.38. The molecule has 2 rings (SSSR count). The molecule has 1 heterocycles. The van der Waals surface area contributed by atoms with E-state index in [9.17, 15) is 9.59 Å². The fraction of sp³-hybridized carbons (Fsp3) is 0.0714. The van der Waals surface area contributed by atoms with Gasteiger partial charge in [0.1, 0.15) is 0 Å². The molecule has 5 nitrogen and oxygen atoms in total. The number of ketones is 1. The lowest BCUT2D eigenvalue weighted by Crippen LogP contribution is -2.19. The van der Waals surface area contributed by atoms with Crippen LogP contribution in [0.4, 0.5) is 0 Å². The highest BCUT2D eigenvalue weighted by Crippen LogP contribution is 2.13. The minimum Gasteiger partial charge on any atom is -0.394 e. The van der Waals surface area contributed by atoms with Crippen LogP contribution in [0.2, 0.25) is 5.02 Å². The quantitative estimate of drug-likeness (QED) is 0.689. The molecule has 0 bridgehead atoms. The van der Waals surface area contributed by atoms with Gasteiger partial charge in [0.25, 0.3) is 0 Å². The summed E-state index contributed by atoms with van der Waals surface area (Å²) in [6.45, 7) is 0. The van der Waals surface area contributed by atoms with E-state index in [1.807, 2.05) is 0 Å². The topological polar surface area (TPSA) is 64.0 Å². The van der Waals surface area contributed by atoms with E-state index in [0.717, 1.165) is 0 Å². The second kappa shape index (κ2) is 6.16. The summed E-state index contributed by atoms with van der Waals surface area (Å²) in [7, 11) is 1.66. The normalized spacial score (nSPS) is 10.7. The monoisotopic (exact) mass is 289 g/mol. The third kappa shape index (κ3) is 3.13. The van der Waals surface area contributed by atoms with E-state index in [0.29, 0.717) is 10.7 Å². The lowest BCUT2D eigenvalue weighted by atomic mass is 10.2. The van der Waals surface area contributed by atoms with E-state index in [2.05, 4.69) is 10.4 Å². The number of hydrogen-bond acceptors (Lipinski definition) is 4. The van der Waals surface area contributed by atoms with Crippen molar-refractivity contribution in [3.8, 4) is 5.69 Å². The smallest absolute Gasteiger partial charge is 0.211 e. The summed E-state index contributed by atoms with van der Waals surface area (Å²) in [6.07, 6.45) is 4.19. The zero-order valence-corrected chi connectivity index (χ0v) is 11.5. The number of allylic oxidation sites excluding steroid dienone is 1. The summed E-state index contributed by atoms with van der Waals surface area (Å²) >= 11 is 5.91. The first-order valence-corrected chi connectivity index (χ1v) is 6.23. The van der Waals surface area contributed by atoms with Gasteiger partial charge < -0.3 is 5.32 Å². The number of halogens is 1. The number of nitrogens with one attached hydrogen (secondary N) is 1. The Morgan fingerprint density at radius 1 is 1.40 bits per heavy atom. The molecule has 0 radical (unpaired) electrons. The van der Waals surface area contributed by atoms with Crippen molar-refractivity contribution >= 4 is 17.4 Å². The van der Waals surface area contributed by atoms with Crippen molar-refractivity contribution in [2.24, 2.45) is 0 Å². The van der Waals surface area contributed by atoms with E-state index in [-0.39, 0.29) is 5.69 Å². The van der Waals surface area contributed by atoms with Crippen LogP contribution in [0.15, 0.2) is 53.6 Å². The number of benzene rings is 1. The van der Waals surface area contributed by atoms with Gasteiger partial charge in [-0.25, -0.2) is 4.68 Å². The zero-order chi connectivity index (χ0) is 14.5. The Morgan fingerprint density at radius 2 is 2.20 bits per heavy atom. The van der Waals surface area contributed by atoms with Crippen molar-refractivity contribution < 1.29 is 4.79 Å². The Morgan fingerprint density at radius 3 is 2.90 bits per heavy atom. The predicted octanol–water partition coefficient (Wildman–Crippen LogP) is 1.80. The first kappa shape index (κ1) is 14.0. The molecule has 0 aliphatic rings. The third-order valence-electron chi connectivity index (χ3n) is 2.52. The molecule has 0 unspecified atom stereocenters. The molecule has 1 aromatic carbocycles. The number of carbonyl (C=O) groups excluding carboxylic acids is 1. The molecule has 2 aromatic rings. The Balaban J connectivity index is 2.46. The molecule has 0 saturated carbocycles. The van der Waals surface area contributed by atoms with Gasteiger partial charge in [-0.1, -0.05) is 17.7 Å². The molecule has 0 saturated heterocycles. The third-order valence-corrected chi connectivity index (χ3v) is 2.75. The summed E-state index contributed by atoms with van der Waals surface area (Å²) in [5.41, 5.74) is 0.108. The number of aromatic nitrogens is 2. The molecule has 0 atom stereocenters. The maximum Gasteiger partial charge on any atom is 0.211 e. The van der Waals surface area contributed by atoms with Crippen molar-refractivity contribution in [1.82, 2.24) is 15.1 Å². The molecule has 20 heavy (non-hydrogen) atoms. The highest BCUT2D eigenvalue weighted by atomic mass is 35.5. The van der Waals surface area contributed by atoms with Gasteiger partial charge in [0.05, 0.1) is 5.69 Å². The van der Waals surface area contributed by atoms with Crippen molar-refractivity contribution in [3.63, 3.8) is 0 Å². The summed E-state index contributed by atoms with van der Waals surface area (Å²) in [5.74, 6) is -0.458. The maximum absolute atomic E-state index is 11.8. The summed E-state index contributed by atoms with van der Waals surface area (Å²) in [6, 6.07) is 8.27. The van der Waals surface area contributed by atoms with Gasteiger partial charge in [-0.2, -0.15) is 5.10 Å². The van der Waals surface area contributed by atoms with Crippen LogP contribution in [0, 0.1) is 0 Å². The van der Waals surface area contributed by atoms with Crippen LogP contribution in [0.1, 0.15) is 10.5 Å². The molecule has 0 spiro atoms. The first-order chi connectivity index (χ1) is 9.61. The predicted molar refractivity (Wildman–Crippen MR) is 77.4 cm³/mol. The number of hydrogen-bond donors (Lipinski definition) is 1. The molecule has 1 N–H and O–H groups in total. The van der Waals surface area contributed by atoms with Crippen LogP contribution in [-0.2, 0) is 0 Å². The lowest BCUT2D eigenvalue weighted by Gasteiger charge is -2.06. The number of carbonyl (C=O) groups is 1. The van der Waals surface area contributed by atoms with Crippen LogP contribution < -0.4 is 10.7 Å². The van der Waals surface area contributed by atoms with Gasteiger partial charge in [-0.15, -0.1) is 0 Å². The van der Waals surface area contributed by atoms with Crippen molar-refractivity contribution in [3.05, 3.63) is 69.7 Å². The standard InChI is InChI=1S/C14H12ClN3O2/c1-16-7-5-12(19)14-13(20)6-8-18(17-14)11-4-2-3-10(15)9-11/h2-9,16H,1H3. The highest BCUT2D eigenvalue weighted by Gasteiger charge is 2.10. The van der Waals surface area contributed by atoms with E-state index in [4.69, 9.17) is 11.6 Å². The van der Waals surface area contributed by atoms with Crippen LogP contribution in [0.5, 0.6) is 0 Å². The Labute approximate surface area is 120 Å². The molecular formula is C14H12ClN3O2. The average Bonchev–Trinajstić information content (AvgIpc) is 2.45. The first-order valence-electron chi connectivity index (χ1n) is 5.86. The second-order valence-electron chi connectivity index (χ2n) is 3.94. The molecule has 1 aromatic heterocycles. The molecular weight excluding hydrogens is 278 g/mol. The van der Waals surface area contributed by atoms with Crippen LogP contribution in [-0.4, -0.2) is 22.6 Å². The van der Waals surface area contributed by atoms with Crippen LogP contribution in [0.3, 0.4) is 0 Å². The van der Waals surface area contributed by atoms with Crippen molar-refractivity contribution in [2.45, 2.75) is 0 Å². The van der Waals surface area contributed by atoms with Gasteiger partial charge in [-0.3, -0.25) is 9.59 Å². The molecule has 0 fully saturated rings. The summed E-state index contributed by atoms with van der Waals surface area (Å²) in [4.78, 5) is 23.5. The Bertz CT molecular complexity index is 722. The molecule has 102 valence electrons. The van der Waals surface area contributed by atoms with Crippen molar-refractivity contribution in [1.29, 1.82) is 0 Å². The number of rotatable bonds is 4. The van der Waals surface area contributed by atoms with Gasteiger partial charge in [0, 0.05) is 36.6 Å². The summed E-state index contributed by atoms with van der Waals surface area (Å²) < 4.78 is 1.44. The molecule has 0 aliphatic heterocycles. The SMILES string of the molecule is CNC=CC(=O)c1nn(-c2cccc(Cl)c2)ccc1=O. The van der Waals surface area contributed by atoms with Gasteiger partial charge >= 0.3 is 0 Å².